The van der Waals surface area contributed by atoms with Crippen LogP contribution in [0.25, 0.3) is 11.1 Å². The van der Waals surface area contributed by atoms with Gasteiger partial charge in [0.2, 0.25) is 0 Å². The topological polar surface area (TPSA) is 56.7 Å². The van der Waals surface area contributed by atoms with Crippen LogP contribution in [0, 0.1) is 0 Å². The van der Waals surface area contributed by atoms with Crippen LogP contribution in [0.3, 0.4) is 0 Å². The number of pyridine rings is 1. The van der Waals surface area contributed by atoms with Gasteiger partial charge >= 0.3 is 5.97 Å². The molecular weight excluding hydrogens is 442 g/mol. The molecule has 0 amide bonds. The van der Waals surface area contributed by atoms with Gasteiger partial charge < -0.3 is 5.11 Å². The quantitative estimate of drug-likeness (QED) is 0.470. The van der Waals surface area contributed by atoms with E-state index in [4.69, 9.17) is 11.6 Å². The first kappa shape index (κ1) is 22.8. The van der Waals surface area contributed by atoms with Crippen molar-refractivity contribution in [2.45, 2.75) is 11.6 Å². The number of carboxylic acid groups (broad SMARTS) is 1. The predicted molar refractivity (Wildman–Crippen MR) is 131 cm³/mol. The Balaban J connectivity index is 1.28. The van der Waals surface area contributed by atoms with Crippen molar-refractivity contribution < 1.29 is 9.90 Å². The standard InChI is InChI=1S/C25H26ClN3O2S/c26-21-9-7-19(8-10-21)22-5-2-1-4-20(22)18-29-14-12-28(13-15-29)16-17-32-24-23(25(30)31)6-3-11-27-24/h1-11H,12-18H2,(H,30,31). The summed E-state index contributed by atoms with van der Waals surface area (Å²) in [6.07, 6.45) is 1.65. The van der Waals surface area contributed by atoms with Crippen molar-refractivity contribution in [1.82, 2.24) is 14.8 Å². The summed E-state index contributed by atoms with van der Waals surface area (Å²) in [5.74, 6) is -0.0930. The Labute approximate surface area is 198 Å². The van der Waals surface area contributed by atoms with Gasteiger partial charge in [-0.1, -0.05) is 48.0 Å². The number of thioether (sulfide) groups is 1. The number of carboxylic acids is 1. The molecule has 1 aliphatic heterocycles. The molecule has 1 aliphatic rings. The van der Waals surface area contributed by atoms with Gasteiger partial charge in [0.05, 0.1) is 5.56 Å². The smallest absolute Gasteiger partial charge is 0.338 e. The number of halogens is 1. The highest BCUT2D eigenvalue weighted by Gasteiger charge is 2.18. The van der Waals surface area contributed by atoms with E-state index in [0.717, 1.165) is 50.0 Å². The van der Waals surface area contributed by atoms with Crippen LogP contribution in [0.4, 0.5) is 0 Å². The van der Waals surface area contributed by atoms with Crippen molar-refractivity contribution in [3.63, 3.8) is 0 Å². The third kappa shape index (κ3) is 5.90. The number of nitrogens with zero attached hydrogens (tertiary/aromatic N) is 3. The summed E-state index contributed by atoms with van der Waals surface area (Å²) < 4.78 is 0. The fourth-order valence-corrected chi connectivity index (χ4v) is 5.04. The van der Waals surface area contributed by atoms with E-state index < -0.39 is 5.97 Å². The Morgan fingerprint density at radius 1 is 0.969 bits per heavy atom. The lowest BCUT2D eigenvalue weighted by molar-refractivity contribution is 0.0692. The molecule has 0 unspecified atom stereocenters. The van der Waals surface area contributed by atoms with Gasteiger partial charge in [-0.3, -0.25) is 9.80 Å². The molecule has 0 saturated carbocycles. The first-order chi connectivity index (χ1) is 15.6. The Bertz CT molecular complexity index is 1050. The van der Waals surface area contributed by atoms with Crippen molar-refractivity contribution >= 4 is 29.3 Å². The first-order valence-electron chi connectivity index (χ1n) is 10.7. The summed E-state index contributed by atoms with van der Waals surface area (Å²) in [4.78, 5) is 20.5. The van der Waals surface area contributed by atoms with Gasteiger partial charge in [-0.2, -0.15) is 0 Å². The van der Waals surface area contributed by atoms with Crippen molar-refractivity contribution in [3.05, 3.63) is 83.0 Å². The molecule has 4 rings (SSSR count). The van der Waals surface area contributed by atoms with Crippen molar-refractivity contribution in [3.8, 4) is 11.1 Å². The fourth-order valence-electron chi connectivity index (χ4n) is 3.92. The minimum atomic E-state index is -0.923. The maximum Gasteiger partial charge on any atom is 0.338 e. The lowest BCUT2D eigenvalue weighted by Crippen LogP contribution is -2.46. The molecule has 7 heteroatoms. The highest BCUT2D eigenvalue weighted by molar-refractivity contribution is 7.99. The molecule has 166 valence electrons. The number of carbonyl (C=O) groups is 1. The zero-order valence-electron chi connectivity index (χ0n) is 17.8. The summed E-state index contributed by atoms with van der Waals surface area (Å²) in [7, 11) is 0. The molecular formula is C25H26ClN3O2S. The van der Waals surface area contributed by atoms with E-state index in [0.29, 0.717) is 5.03 Å². The van der Waals surface area contributed by atoms with E-state index in [1.807, 2.05) is 12.1 Å². The number of hydrogen-bond donors (Lipinski definition) is 1. The average molecular weight is 468 g/mol. The number of piperazine rings is 1. The number of aromatic nitrogens is 1. The van der Waals surface area contributed by atoms with Gasteiger partial charge in [0.1, 0.15) is 5.03 Å². The van der Waals surface area contributed by atoms with Crippen LogP contribution in [-0.4, -0.2) is 64.3 Å². The fraction of sp³-hybridized carbons (Fsp3) is 0.280. The second-order valence-electron chi connectivity index (χ2n) is 7.79. The Morgan fingerprint density at radius 2 is 1.69 bits per heavy atom. The van der Waals surface area contributed by atoms with Crippen LogP contribution in [0.2, 0.25) is 5.02 Å². The second-order valence-corrected chi connectivity index (χ2v) is 9.31. The molecule has 0 bridgehead atoms. The van der Waals surface area contributed by atoms with Crippen LogP contribution in [0.1, 0.15) is 15.9 Å². The van der Waals surface area contributed by atoms with Crippen LogP contribution in [0.5, 0.6) is 0 Å². The van der Waals surface area contributed by atoms with Gasteiger partial charge in [0.15, 0.2) is 0 Å². The maximum absolute atomic E-state index is 11.3. The zero-order chi connectivity index (χ0) is 22.3. The highest BCUT2D eigenvalue weighted by atomic mass is 35.5. The molecule has 2 heterocycles. The van der Waals surface area contributed by atoms with Crippen LogP contribution < -0.4 is 0 Å². The lowest BCUT2D eigenvalue weighted by Gasteiger charge is -2.35. The highest BCUT2D eigenvalue weighted by Crippen LogP contribution is 2.26. The third-order valence-corrected chi connectivity index (χ3v) is 6.92. The minimum absolute atomic E-state index is 0.279. The van der Waals surface area contributed by atoms with E-state index in [2.05, 4.69) is 51.2 Å². The van der Waals surface area contributed by atoms with Crippen molar-refractivity contribution in [2.75, 3.05) is 38.5 Å². The largest absolute Gasteiger partial charge is 0.478 e. The van der Waals surface area contributed by atoms with E-state index >= 15 is 0 Å². The summed E-state index contributed by atoms with van der Waals surface area (Å²) >= 11 is 7.57. The molecule has 0 atom stereocenters. The van der Waals surface area contributed by atoms with Crippen LogP contribution >= 0.6 is 23.4 Å². The van der Waals surface area contributed by atoms with E-state index in [1.54, 1.807) is 18.3 Å². The molecule has 0 aliphatic carbocycles. The molecule has 1 N–H and O–H groups in total. The Kier molecular flexibility index (Phi) is 7.81. The molecule has 2 aromatic carbocycles. The monoisotopic (exact) mass is 467 g/mol. The Morgan fingerprint density at radius 3 is 2.44 bits per heavy atom. The molecule has 1 saturated heterocycles. The van der Waals surface area contributed by atoms with Crippen molar-refractivity contribution in [1.29, 1.82) is 0 Å². The summed E-state index contributed by atoms with van der Waals surface area (Å²) in [6.45, 7) is 5.91. The van der Waals surface area contributed by atoms with E-state index in [-0.39, 0.29) is 5.56 Å². The predicted octanol–water partition coefficient (Wildman–Crippen LogP) is 5.01. The maximum atomic E-state index is 11.3. The Hall–Kier alpha value is -2.38. The van der Waals surface area contributed by atoms with Gasteiger partial charge in [0.25, 0.3) is 0 Å². The molecule has 0 radical (unpaired) electrons. The molecule has 1 aromatic heterocycles. The van der Waals surface area contributed by atoms with E-state index in [9.17, 15) is 9.90 Å². The zero-order valence-corrected chi connectivity index (χ0v) is 19.4. The number of aromatic carboxylic acids is 1. The number of benzene rings is 2. The summed E-state index contributed by atoms with van der Waals surface area (Å²) in [5.41, 5.74) is 4.06. The lowest BCUT2D eigenvalue weighted by atomic mass is 9.99. The first-order valence-corrected chi connectivity index (χ1v) is 12.1. The van der Waals surface area contributed by atoms with Crippen molar-refractivity contribution in [2.24, 2.45) is 0 Å². The number of hydrogen-bond acceptors (Lipinski definition) is 5. The summed E-state index contributed by atoms with van der Waals surface area (Å²) in [6, 6.07) is 19.9. The number of rotatable bonds is 8. The molecule has 0 spiro atoms. The third-order valence-electron chi connectivity index (χ3n) is 5.68. The average Bonchev–Trinajstić information content (AvgIpc) is 2.81. The van der Waals surface area contributed by atoms with Gasteiger partial charge in [-0.05, 0) is 41.0 Å². The molecule has 32 heavy (non-hydrogen) atoms. The van der Waals surface area contributed by atoms with E-state index in [1.165, 1.54) is 28.5 Å². The van der Waals surface area contributed by atoms with Gasteiger partial charge in [-0.15, -0.1) is 11.8 Å². The van der Waals surface area contributed by atoms with Crippen LogP contribution in [-0.2, 0) is 6.54 Å². The molecule has 3 aromatic rings. The SMILES string of the molecule is O=C(O)c1cccnc1SCCN1CCN(Cc2ccccc2-c2ccc(Cl)cc2)CC1. The minimum Gasteiger partial charge on any atom is -0.478 e. The summed E-state index contributed by atoms with van der Waals surface area (Å²) in [5, 5.41) is 10.6. The molecule has 1 fully saturated rings. The molecule has 5 nitrogen and oxygen atoms in total. The van der Waals surface area contributed by atoms with Gasteiger partial charge in [-0.25, -0.2) is 9.78 Å². The second kappa shape index (κ2) is 11.0. The normalized spacial score (nSPS) is 15.0. The van der Waals surface area contributed by atoms with Crippen LogP contribution in [0.15, 0.2) is 71.9 Å². The van der Waals surface area contributed by atoms with Gasteiger partial charge in [0, 0.05) is 56.2 Å².